The van der Waals surface area contributed by atoms with Crippen molar-refractivity contribution in [1.82, 2.24) is 4.90 Å². The number of hydrogen-bond acceptors (Lipinski definition) is 4. The number of rotatable bonds is 5. The Morgan fingerprint density at radius 1 is 1.13 bits per heavy atom. The van der Waals surface area contributed by atoms with E-state index in [1.807, 2.05) is 54.3 Å². The lowest BCUT2D eigenvalue weighted by Crippen LogP contribution is -2.45. The van der Waals surface area contributed by atoms with Gasteiger partial charge < -0.3 is 14.4 Å². The number of amides is 2. The van der Waals surface area contributed by atoms with E-state index in [0.29, 0.717) is 24.4 Å². The van der Waals surface area contributed by atoms with Crippen LogP contribution in [0.4, 0.5) is 10.5 Å². The molecule has 1 aliphatic carbocycles. The van der Waals surface area contributed by atoms with Gasteiger partial charge in [0.05, 0.1) is 0 Å². The Bertz CT molecular complexity index is 909. The number of ether oxygens (including phenoxy) is 2. The van der Waals surface area contributed by atoms with Gasteiger partial charge in [-0.1, -0.05) is 56.5 Å². The van der Waals surface area contributed by atoms with Gasteiger partial charge >= 0.3 is 6.09 Å². The van der Waals surface area contributed by atoms with Crippen molar-refractivity contribution in [2.75, 3.05) is 5.32 Å². The molecule has 0 aromatic heterocycles. The van der Waals surface area contributed by atoms with Crippen LogP contribution in [0.25, 0.3) is 0 Å². The maximum atomic E-state index is 13.1. The van der Waals surface area contributed by atoms with E-state index in [0.717, 1.165) is 36.8 Å². The van der Waals surface area contributed by atoms with Crippen LogP contribution in [0.15, 0.2) is 48.5 Å². The monoisotopic (exact) mass is 422 g/mol. The molecule has 2 aliphatic rings. The van der Waals surface area contributed by atoms with Crippen LogP contribution in [0.5, 0.6) is 5.75 Å². The van der Waals surface area contributed by atoms with Gasteiger partial charge in [-0.15, -0.1) is 0 Å². The number of hydrogen-bond donors (Lipinski definition) is 1. The lowest BCUT2D eigenvalue weighted by Gasteiger charge is -2.34. The second kappa shape index (κ2) is 9.86. The summed E-state index contributed by atoms with van der Waals surface area (Å²) in [5.41, 5.74) is 2.47. The van der Waals surface area contributed by atoms with Gasteiger partial charge in [0.2, 0.25) is 0 Å². The van der Waals surface area contributed by atoms with Crippen molar-refractivity contribution >= 4 is 17.7 Å². The fraction of sp³-hybridized carbons (Fsp3) is 0.440. The zero-order valence-corrected chi connectivity index (χ0v) is 18.0. The number of fused-ring (bicyclic) bond motifs is 1. The minimum absolute atomic E-state index is 0.0716. The Balaban J connectivity index is 1.47. The van der Waals surface area contributed by atoms with E-state index in [-0.39, 0.29) is 18.6 Å². The highest BCUT2D eigenvalue weighted by Crippen LogP contribution is 2.33. The van der Waals surface area contributed by atoms with E-state index in [4.69, 9.17) is 9.47 Å². The van der Waals surface area contributed by atoms with Crippen LogP contribution in [-0.2, 0) is 22.7 Å². The molecule has 1 fully saturated rings. The van der Waals surface area contributed by atoms with Gasteiger partial charge in [-0.25, -0.2) is 4.79 Å². The molecule has 4 rings (SSSR count). The van der Waals surface area contributed by atoms with E-state index < -0.39 is 12.2 Å². The Kier molecular flexibility index (Phi) is 6.75. The van der Waals surface area contributed by atoms with Crippen LogP contribution in [-0.4, -0.2) is 29.0 Å². The van der Waals surface area contributed by atoms with E-state index >= 15 is 0 Å². The normalized spacial score (nSPS) is 19.2. The van der Waals surface area contributed by atoms with Crippen molar-refractivity contribution in [2.45, 2.75) is 70.7 Å². The Hall–Kier alpha value is -3.02. The van der Waals surface area contributed by atoms with Gasteiger partial charge in [-0.05, 0) is 43.0 Å². The number of nitrogens with zero attached hydrogens (tertiary/aromatic N) is 1. The molecular formula is C25H30N2O4. The molecule has 2 aromatic rings. The second-order valence-corrected chi connectivity index (χ2v) is 8.28. The SMILES string of the molecule is CCC1Oc2ccc(NC(=O)OCc3ccccc3)cc2CN(C2CCCCC2)C1=O. The molecule has 1 saturated carbocycles. The molecule has 6 heteroatoms. The van der Waals surface area contributed by atoms with E-state index in [9.17, 15) is 9.59 Å². The van der Waals surface area contributed by atoms with Crippen LogP contribution in [0.3, 0.4) is 0 Å². The van der Waals surface area contributed by atoms with Crippen LogP contribution in [0, 0.1) is 0 Å². The molecule has 164 valence electrons. The summed E-state index contributed by atoms with van der Waals surface area (Å²) in [5, 5.41) is 2.79. The molecule has 1 atom stereocenters. The van der Waals surface area contributed by atoms with E-state index in [1.165, 1.54) is 6.42 Å². The minimum Gasteiger partial charge on any atom is -0.480 e. The third kappa shape index (κ3) is 5.19. The highest BCUT2D eigenvalue weighted by molar-refractivity contribution is 5.85. The molecule has 6 nitrogen and oxygen atoms in total. The van der Waals surface area contributed by atoms with Crippen molar-refractivity contribution in [3.63, 3.8) is 0 Å². The summed E-state index contributed by atoms with van der Waals surface area (Å²) in [4.78, 5) is 27.4. The number of nitrogens with one attached hydrogen (secondary N) is 1. The van der Waals surface area contributed by atoms with Crippen molar-refractivity contribution in [3.05, 3.63) is 59.7 Å². The predicted molar refractivity (Wildman–Crippen MR) is 119 cm³/mol. The third-order valence-corrected chi connectivity index (χ3v) is 6.07. The molecule has 1 heterocycles. The quantitative estimate of drug-likeness (QED) is 0.713. The van der Waals surface area contributed by atoms with E-state index in [1.54, 1.807) is 6.07 Å². The Morgan fingerprint density at radius 3 is 2.65 bits per heavy atom. The fourth-order valence-corrected chi connectivity index (χ4v) is 4.38. The second-order valence-electron chi connectivity index (χ2n) is 8.28. The molecule has 0 bridgehead atoms. The summed E-state index contributed by atoms with van der Waals surface area (Å²) in [7, 11) is 0. The molecule has 2 amide bonds. The summed E-state index contributed by atoms with van der Waals surface area (Å²) < 4.78 is 11.4. The number of carbonyl (C=O) groups excluding carboxylic acids is 2. The lowest BCUT2D eigenvalue weighted by molar-refractivity contribution is -0.141. The first kappa shape index (κ1) is 21.2. The standard InChI is InChI=1S/C25H30N2O4/c1-2-22-24(28)27(21-11-7-4-8-12-21)16-19-15-20(13-14-23(19)31-22)26-25(29)30-17-18-9-5-3-6-10-18/h3,5-6,9-10,13-15,21-22H,2,4,7-8,11-12,16-17H2,1H3,(H,26,29). The minimum atomic E-state index is -0.509. The number of anilines is 1. The molecule has 0 saturated heterocycles. The first-order chi connectivity index (χ1) is 15.1. The average Bonchev–Trinajstić information content (AvgIpc) is 2.95. The summed E-state index contributed by atoms with van der Waals surface area (Å²) in [6.45, 7) is 2.69. The summed E-state index contributed by atoms with van der Waals surface area (Å²) in [5.74, 6) is 0.782. The molecule has 0 spiro atoms. The first-order valence-corrected chi connectivity index (χ1v) is 11.2. The lowest BCUT2D eigenvalue weighted by atomic mass is 9.93. The van der Waals surface area contributed by atoms with Gasteiger partial charge in [0.25, 0.3) is 5.91 Å². The smallest absolute Gasteiger partial charge is 0.411 e. The average molecular weight is 423 g/mol. The molecule has 1 aliphatic heterocycles. The summed E-state index contributed by atoms with van der Waals surface area (Å²) >= 11 is 0. The fourth-order valence-electron chi connectivity index (χ4n) is 4.38. The van der Waals surface area contributed by atoms with Crippen molar-refractivity contribution < 1.29 is 19.1 Å². The van der Waals surface area contributed by atoms with Crippen LogP contribution in [0.1, 0.15) is 56.6 Å². The van der Waals surface area contributed by atoms with Crippen molar-refractivity contribution in [1.29, 1.82) is 0 Å². The molecular weight excluding hydrogens is 392 g/mol. The largest absolute Gasteiger partial charge is 0.480 e. The van der Waals surface area contributed by atoms with Crippen LogP contribution < -0.4 is 10.1 Å². The molecule has 0 radical (unpaired) electrons. The van der Waals surface area contributed by atoms with Gasteiger partial charge in [0.15, 0.2) is 6.10 Å². The number of benzene rings is 2. The maximum Gasteiger partial charge on any atom is 0.411 e. The predicted octanol–water partition coefficient (Wildman–Crippen LogP) is 5.27. The number of carbonyl (C=O) groups is 2. The topological polar surface area (TPSA) is 67.9 Å². The van der Waals surface area contributed by atoms with Gasteiger partial charge in [-0.2, -0.15) is 0 Å². The Labute approximate surface area is 183 Å². The van der Waals surface area contributed by atoms with Gasteiger partial charge in [0, 0.05) is 23.8 Å². The van der Waals surface area contributed by atoms with Crippen LogP contribution in [0.2, 0.25) is 0 Å². The van der Waals surface area contributed by atoms with Crippen LogP contribution >= 0.6 is 0 Å². The summed E-state index contributed by atoms with van der Waals surface area (Å²) in [6, 6.07) is 15.3. The van der Waals surface area contributed by atoms with Gasteiger partial charge in [0.1, 0.15) is 12.4 Å². The summed E-state index contributed by atoms with van der Waals surface area (Å²) in [6.07, 6.45) is 5.31. The maximum absolute atomic E-state index is 13.1. The zero-order chi connectivity index (χ0) is 21.6. The van der Waals surface area contributed by atoms with Crippen molar-refractivity contribution in [2.24, 2.45) is 0 Å². The zero-order valence-electron chi connectivity index (χ0n) is 18.0. The first-order valence-electron chi connectivity index (χ1n) is 11.2. The molecule has 1 unspecified atom stereocenters. The highest BCUT2D eigenvalue weighted by Gasteiger charge is 2.34. The molecule has 31 heavy (non-hydrogen) atoms. The van der Waals surface area contributed by atoms with Gasteiger partial charge in [-0.3, -0.25) is 10.1 Å². The molecule has 1 N–H and O–H groups in total. The Morgan fingerprint density at radius 2 is 1.90 bits per heavy atom. The van der Waals surface area contributed by atoms with E-state index in [2.05, 4.69) is 5.32 Å². The third-order valence-electron chi connectivity index (χ3n) is 6.07. The molecule has 2 aromatic carbocycles. The van der Waals surface area contributed by atoms with Crippen molar-refractivity contribution in [3.8, 4) is 5.75 Å². The highest BCUT2D eigenvalue weighted by atomic mass is 16.5.